The van der Waals surface area contributed by atoms with Crippen LogP contribution in [0.1, 0.15) is 42.4 Å². The number of ketones is 1. The summed E-state index contributed by atoms with van der Waals surface area (Å²) in [6.07, 6.45) is 5.98. The van der Waals surface area contributed by atoms with Crippen LogP contribution in [-0.4, -0.2) is 5.78 Å². The second-order valence-corrected chi connectivity index (χ2v) is 4.66. The lowest BCUT2D eigenvalue weighted by atomic mass is 9.91. The molecule has 0 aliphatic heterocycles. The fourth-order valence-electron chi connectivity index (χ4n) is 2.23. The van der Waals surface area contributed by atoms with Gasteiger partial charge in [0.25, 0.3) is 0 Å². The molecule has 0 N–H and O–H groups in total. The average molecular weight is 214 g/mol. The Kier molecular flexibility index (Phi) is 3.23. The van der Waals surface area contributed by atoms with E-state index in [2.05, 4.69) is 38.1 Å². The van der Waals surface area contributed by atoms with Gasteiger partial charge in [-0.1, -0.05) is 23.8 Å². The molecule has 0 spiro atoms. The van der Waals surface area contributed by atoms with Gasteiger partial charge in [0, 0.05) is 6.42 Å². The Morgan fingerprint density at radius 1 is 1.12 bits per heavy atom. The van der Waals surface area contributed by atoms with Gasteiger partial charge >= 0.3 is 0 Å². The highest BCUT2D eigenvalue weighted by molar-refractivity contribution is 6.00. The van der Waals surface area contributed by atoms with Gasteiger partial charge in [-0.15, -0.1) is 0 Å². The number of rotatable bonds is 1. The Hall–Kier alpha value is -1.37. The average Bonchev–Trinajstić information content (AvgIpc) is 2.25. The van der Waals surface area contributed by atoms with Gasteiger partial charge in [-0.25, -0.2) is 0 Å². The van der Waals surface area contributed by atoms with Crippen LogP contribution in [0.25, 0.3) is 6.08 Å². The number of benzene rings is 1. The minimum absolute atomic E-state index is 0.339. The van der Waals surface area contributed by atoms with Crippen LogP contribution in [0.15, 0.2) is 23.8 Å². The van der Waals surface area contributed by atoms with Crippen LogP contribution in [-0.2, 0) is 4.79 Å². The second-order valence-electron chi connectivity index (χ2n) is 4.66. The van der Waals surface area contributed by atoms with Crippen molar-refractivity contribution in [2.24, 2.45) is 0 Å². The maximum absolute atomic E-state index is 11.7. The van der Waals surface area contributed by atoms with Gasteiger partial charge in [0.05, 0.1) is 0 Å². The maximum Gasteiger partial charge on any atom is 0.158 e. The summed E-state index contributed by atoms with van der Waals surface area (Å²) in [6.45, 7) is 4.20. The van der Waals surface area contributed by atoms with Crippen LogP contribution >= 0.6 is 0 Å². The zero-order valence-electron chi connectivity index (χ0n) is 10.0. The molecule has 0 bridgehead atoms. The lowest BCUT2D eigenvalue weighted by molar-refractivity contribution is -0.116. The molecule has 2 rings (SSSR count). The van der Waals surface area contributed by atoms with Gasteiger partial charge < -0.3 is 0 Å². The smallest absolute Gasteiger partial charge is 0.158 e. The fourth-order valence-corrected chi connectivity index (χ4v) is 2.23. The van der Waals surface area contributed by atoms with Crippen molar-refractivity contribution >= 4 is 11.9 Å². The first-order chi connectivity index (χ1) is 7.66. The number of carbonyl (C=O) groups is 1. The van der Waals surface area contributed by atoms with Gasteiger partial charge in [0.2, 0.25) is 0 Å². The largest absolute Gasteiger partial charge is 0.295 e. The molecule has 0 amide bonds. The van der Waals surface area contributed by atoms with E-state index in [9.17, 15) is 4.79 Å². The fraction of sp³-hybridized carbons (Fsp3) is 0.400. The first-order valence-corrected chi connectivity index (χ1v) is 5.98. The zero-order chi connectivity index (χ0) is 11.5. The van der Waals surface area contributed by atoms with Crippen molar-refractivity contribution in [2.45, 2.75) is 39.5 Å². The summed E-state index contributed by atoms with van der Waals surface area (Å²) in [5.41, 5.74) is 4.73. The molecule has 0 unspecified atom stereocenters. The van der Waals surface area contributed by atoms with E-state index in [4.69, 9.17) is 0 Å². The summed E-state index contributed by atoms with van der Waals surface area (Å²) < 4.78 is 0. The normalized spacial score (nSPS) is 19.1. The van der Waals surface area contributed by atoms with E-state index in [1.54, 1.807) is 0 Å². The summed E-state index contributed by atoms with van der Waals surface area (Å²) >= 11 is 0. The van der Waals surface area contributed by atoms with E-state index >= 15 is 0 Å². The predicted molar refractivity (Wildman–Crippen MR) is 67.4 cm³/mol. The molecule has 0 heterocycles. The molecule has 1 aliphatic rings. The summed E-state index contributed by atoms with van der Waals surface area (Å²) in [5.74, 6) is 0.339. The third kappa shape index (κ3) is 2.41. The van der Waals surface area contributed by atoms with Gasteiger partial charge in [-0.2, -0.15) is 0 Å². The molecule has 1 aromatic rings. The van der Waals surface area contributed by atoms with E-state index in [0.29, 0.717) is 5.78 Å². The first kappa shape index (κ1) is 11.1. The van der Waals surface area contributed by atoms with Crippen LogP contribution in [0, 0.1) is 13.8 Å². The molecule has 0 atom stereocenters. The van der Waals surface area contributed by atoms with Crippen LogP contribution in [0.3, 0.4) is 0 Å². The number of allylic oxidation sites excluding steroid dienone is 1. The quantitative estimate of drug-likeness (QED) is 0.649. The summed E-state index contributed by atoms with van der Waals surface area (Å²) in [7, 11) is 0. The number of Topliss-reactive ketones (excluding diaryl/α,β-unsaturated/α-hetero) is 1. The summed E-state index contributed by atoms with van der Waals surface area (Å²) in [5, 5.41) is 0. The molecule has 1 nitrogen and oxygen atoms in total. The van der Waals surface area contributed by atoms with Gasteiger partial charge in [0.1, 0.15) is 0 Å². The predicted octanol–water partition coefficient (Wildman–Crippen LogP) is 3.83. The Labute approximate surface area is 97.2 Å². The summed E-state index contributed by atoms with van der Waals surface area (Å²) in [4.78, 5) is 11.7. The lowest BCUT2D eigenvalue weighted by Gasteiger charge is -2.13. The van der Waals surface area contributed by atoms with Crippen LogP contribution < -0.4 is 0 Å². The number of hydrogen-bond acceptors (Lipinski definition) is 1. The van der Waals surface area contributed by atoms with Gasteiger partial charge in [-0.3, -0.25) is 4.79 Å². The van der Waals surface area contributed by atoms with Crippen LogP contribution in [0.5, 0.6) is 0 Å². The van der Waals surface area contributed by atoms with Gasteiger partial charge in [-0.05, 0) is 55.9 Å². The number of aryl methyl sites for hydroxylation is 2. The third-order valence-corrected chi connectivity index (χ3v) is 3.21. The highest BCUT2D eigenvalue weighted by Gasteiger charge is 2.14. The maximum atomic E-state index is 11.7. The van der Waals surface area contributed by atoms with Gasteiger partial charge in [0.15, 0.2) is 5.78 Å². The van der Waals surface area contributed by atoms with E-state index in [0.717, 1.165) is 31.3 Å². The Balaban J connectivity index is 2.30. The lowest BCUT2D eigenvalue weighted by Crippen LogP contribution is -2.08. The van der Waals surface area contributed by atoms with Crippen molar-refractivity contribution in [3.63, 3.8) is 0 Å². The van der Waals surface area contributed by atoms with Crippen molar-refractivity contribution < 1.29 is 4.79 Å². The number of hydrogen-bond donors (Lipinski definition) is 0. The first-order valence-electron chi connectivity index (χ1n) is 5.98. The van der Waals surface area contributed by atoms with E-state index in [1.165, 1.54) is 16.7 Å². The van der Waals surface area contributed by atoms with E-state index in [1.807, 2.05) is 0 Å². The highest BCUT2D eigenvalue weighted by atomic mass is 16.1. The molecule has 1 aromatic carbocycles. The molecular weight excluding hydrogens is 196 g/mol. The standard InChI is InChI=1S/C15H18O/c1-11-7-8-13(12(2)9-11)10-14-5-3-4-6-15(14)16/h7-10H,3-6H2,1-2H3. The monoisotopic (exact) mass is 214 g/mol. The molecule has 1 saturated carbocycles. The van der Waals surface area contributed by atoms with Crippen LogP contribution in [0.4, 0.5) is 0 Å². The van der Waals surface area contributed by atoms with E-state index < -0.39 is 0 Å². The van der Waals surface area contributed by atoms with E-state index in [-0.39, 0.29) is 0 Å². The Morgan fingerprint density at radius 2 is 1.88 bits per heavy atom. The summed E-state index contributed by atoms with van der Waals surface area (Å²) in [6, 6.07) is 6.38. The topological polar surface area (TPSA) is 17.1 Å². The molecule has 0 saturated heterocycles. The highest BCUT2D eigenvalue weighted by Crippen LogP contribution is 2.23. The molecule has 1 fully saturated rings. The molecule has 0 aromatic heterocycles. The molecule has 0 radical (unpaired) electrons. The molecular formula is C15H18O. The zero-order valence-corrected chi connectivity index (χ0v) is 10.0. The SMILES string of the molecule is Cc1ccc(C=C2CCCCC2=O)c(C)c1. The minimum atomic E-state index is 0.339. The second kappa shape index (κ2) is 4.65. The molecule has 84 valence electrons. The van der Waals surface area contributed by atoms with Crippen molar-refractivity contribution in [1.29, 1.82) is 0 Å². The minimum Gasteiger partial charge on any atom is -0.295 e. The van der Waals surface area contributed by atoms with Crippen LogP contribution in [0.2, 0.25) is 0 Å². The Morgan fingerprint density at radius 3 is 2.56 bits per heavy atom. The molecule has 16 heavy (non-hydrogen) atoms. The van der Waals surface area contributed by atoms with Crippen molar-refractivity contribution in [3.8, 4) is 0 Å². The third-order valence-electron chi connectivity index (χ3n) is 3.21. The van der Waals surface area contributed by atoms with Crippen molar-refractivity contribution in [3.05, 3.63) is 40.5 Å². The Bertz CT molecular complexity index is 441. The van der Waals surface area contributed by atoms with Crippen molar-refractivity contribution in [2.75, 3.05) is 0 Å². The molecule has 1 aliphatic carbocycles. The number of carbonyl (C=O) groups excluding carboxylic acids is 1. The molecule has 1 heteroatoms. The van der Waals surface area contributed by atoms with Crippen molar-refractivity contribution in [1.82, 2.24) is 0 Å².